The van der Waals surface area contributed by atoms with Gasteiger partial charge in [0.25, 0.3) is 0 Å². The molecule has 1 N–H and O–H groups in total. The normalized spacial score (nSPS) is 21.0. The molecule has 1 atom stereocenters. The molecular formula is C16H20O5. The van der Waals surface area contributed by atoms with Gasteiger partial charge in [-0.25, -0.2) is 4.79 Å². The van der Waals surface area contributed by atoms with Crippen molar-refractivity contribution in [2.45, 2.75) is 26.9 Å². The van der Waals surface area contributed by atoms with Crippen LogP contribution >= 0.6 is 0 Å². The molecule has 0 saturated heterocycles. The molecule has 114 valence electrons. The van der Waals surface area contributed by atoms with Crippen LogP contribution in [0.4, 0.5) is 0 Å². The molecule has 0 amide bonds. The SMILES string of the molecule is COc1ccc(C2OC(=O)C(C)=C(O)C2(C)C)cc1OC. The van der Waals surface area contributed by atoms with Crippen LogP contribution in [-0.4, -0.2) is 25.3 Å². The summed E-state index contributed by atoms with van der Waals surface area (Å²) in [6.45, 7) is 5.23. The van der Waals surface area contributed by atoms with Gasteiger partial charge in [-0.05, 0) is 38.5 Å². The Morgan fingerprint density at radius 2 is 1.81 bits per heavy atom. The Morgan fingerprint density at radius 1 is 1.19 bits per heavy atom. The lowest BCUT2D eigenvalue weighted by atomic mass is 9.77. The second-order valence-electron chi connectivity index (χ2n) is 5.60. The van der Waals surface area contributed by atoms with Gasteiger partial charge in [-0.3, -0.25) is 0 Å². The molecule has 2 rings (SSSR count). The standard InChI is InChI=1S/C16H20O5/c1-9-13(17)16(2,3)14(21-15(9)18)10-6-7-11(19-4)12(8-10)20-5/h6-8,14,17H,1-5H3. The van der Waals surface area contributed by atoms with Gasteiger partial charge in [0.15, 0.2) is 11.5 Å². The van der Waals surface area contributed by atoms with Gasteiger partial charge in [-0.15, -0.1) is 0 Å². The summed E-state index contributed by atoms with van der Waals surface area (Å²) < 4.78 is 16.0. The average Bonchev–Trinajstić information content (AvgIpc) is 2.48. The molecule has 0 radical (unpaired) electrons. The summed E-state index contributed by atoms with van der Waals surface area (Å²) in [7, 11) is 3.10. The van der Waals surface area contributed by atoms with Crippen molar-refractivity contribution in [3.63, 3.8) is 0 Å². The van der Waals surface area contributed by atoms with Gasteiger partial charge in [-0.1, -0.05) is 6.07 Å². The molecule has 5 heteroatoms. The maximum absolute atomic E-state index is 11.9. The lowest BCUT2D eigenvalue weighted by molar-refractivity contribution is -0.155. The minimum Gasteiger partial charge on any atom is -0.511 e. The lowest BCUT2D eigenvalue weighted by Gasteiger charge is -2.38. The summed E-state index contributed by atoms with van der Waals surface area (Å²) in [5.41, 5.74) is 0.277. The fraction of sp³-hybridized carbons (Fsp3) is 0.438. The van der Waals surface area contributed by atoms with Gasteiger partial charge in [0, 0.05) is 0 Å². The van der Waals surface area contributed by atoms with Crippen molar-refractivity contribution in [1.29, 1.82) is 0 Å². The monoisotopic (exact) mass is 292 g/mol. The van der Waals surface area contributed by atoms with Gasteiger partial charge < -0.3 is 19.3 Å². The zero-order valence-electron chi connectivity index (χ0n) is 12.9. The van der Waals surface area contributed by atoms with Crippen LogP contribution in [0.25, 0.3) is 0 Å². The number of hydrogen-bond acceptors (Lipinski definition) is 5. The van der Waals surface area contributed by atoms with Crippen LogP contribution in [0.1, 0.15) is 32.4 Å². The van der Waals surface area contributed by atoms with E-state index in [2.05, 4.69) is 0 Å². The molecule has 1 unspecified atom stereocenters. The van der Waals surface area contributed by atoms with Crippen LogP contribution in [0.15, 0.2) is 29.5 Å². The van der Waals surface area contributed by atoms with Crippen molar-refractivity contribution in [3.05, 3.63) is 35.1 Å². The number of carbonyl (C=O) groups excluding carboxylic acids is 1. The van der Waals surface area contributed by atoms with E-state index in [9.17, 15) is 9.90 Å². The van der Waals surface area contributed by atoms with Crippen LogP contribution in [0.3, 0.4) is 0 Å². The molecule has 1 heterocycles. The van der Waals surface area contributed by atoms with Crippen molar-refractivity contribution in [2.75, 3.05) is 14.2 Å². The number of methoxy groups -OCH3 is 2. The minimum absolute atomic E-state index is 0.0542. The highest BCUT2D eigenvalue weighted by Crippen LogP contribution is 2.47. The summed E-state index contributed by atoms with van der Waals surface area (Å²) in [5.74, 6) is 0.690. The first-order valence-electron chi connectivity index (χ1n) is 6.66. The largest absolute Gasteiger partial charge is 0.511 e. The highest BCUT2D eigenvalue weighted by molar-refractivity contribution is 5.89. The Bertz CT molecular complexity index is 601. The van der Waals surface area contributed by atoms with E-state index in [1.807, 2.05) is 13.8 Å². The smallest absolute Gasteiger partial charge is 0.337 e. The van der Waals surface area contributed by atoms with E-state index in [1.54, 1.807) is 39.3 Å². The third-order valence-corrected chi connectivity index (χ3v) is 3.86. The first-order valence-corrected chi connectivity index (χ1v) is 6.66. The first kappa shape index (κ1) is 15.2. The Labute approximate surface area is 124 Å². The maximum Gasteiger partial charge on any atom is 0.337 e. The summed E-state index contributed by atoms with van der Waals surface area (Å²) in [6, 6.07) is 5.31. The van der Waals surface area contributed by atoms with E-state index in [-0.39, 0.29) is 11.3 Å². The predicted molar refractivity (Wildman–Crippen MR) is 77.5 cm³/mol. The topological polar surface area (TPSA) is 65.0 Å². The molecule has 21 heavy (non-hydrogen) atoms. The van der Waals surface area contributed by atoms with E-state index >= 15 is 0 Å². The van der Waals surface area contributed by atoms with Gasteiger partial charge in [-0.2, -0.15) is 0 Å². The Balaban J connectivity index is 2.49. The molecule has 0 fully saturated rings. The van der Waals surface area contributed by atoms with Crippen LogP contribution in [0.2, 0.25) is 0 Å². The molecular weight excluding hydrogens is 272 g/mol. The van der Waals surface area contributed by atoms with Crippen LogP contribution in [-0.2, 0) is 9.53 Å². The van der Waals surface area contributed by atoms with Crippen molar-refractivity contribution in [1.82, 2.24) is 0 Å². The number of benzene rings is 1. The molecule has 0 aromatic heterocycles. The van der Waals surface area contributed by atoms with Gasteiger partial charge in [0.1, 0.15) is 11.9 Å². The van der Waals surface area contributed by atoms with Crippen LogP contribution in [0.5, 0.6) is 11.5 Å². The maximum atomic E-state index is 11.9. The Hall–Kier alpha value is -2.17. The number of esters is 1. The van der Waals surface area contributed by atoms with E-state index in [0.29, 0.717) is 11.5 Å². The van der Waals surface area contributed by atoms with Gasteiger partial charge in [0.2, 0.25) is 0 Å². The number of carbonyl (C=O) groups is 1. The lowest BCUT2D eigenvalue weighted by Crippen LogP contribution is -2.35. The highest BCUT2D eigenvalue weighted by atomic mass is 16.5. The van der Waals surface area contributed by atoms with Crippen LogP contribution in [0, 0.1) is 5.41 Å². The first-order chi connectivity index (χ1) is 9.82. The van der Waals surface area contributed by atoms with E-state index in [1.165, 1.54) is 0 Å². The molecule has 1 aliphatic heterocycles. The van der Waals surface area contributed by atoms with Crippen molar-refractivity contribution in [2.24, 2.45) is 5.41 Å². The molecule has 1 aromatic carbocycles. The van der Waals surface area contributed by atoms with Crippen molar-refractivity contribution < 1.29 is 24.1 Å². The Kier molecular flexibility index (Phi) is 3.85. The second kappa shape index (κ2) is 5.31. The number of ether oxygens (including phenoxy) is 3. The fourth-order valence-electron chi connectivity index (χ4n) is 2.55. The van der Waals surface area contributed by atoms with E-state index in [4.69, 9.17) is 14.2 Å². The summed E-state index contributed by atoms with van der Waals surface area (Å²) in [6.07, 6.45) is -0.589. The zero-order valence-corrected chi connectivity index (χ0v) is 12.9. The molecule has 0 saturated carbocycles. The minimum atomic E-state index is -0.711. The molecule has 0 bridgehead atoms. The summed E-state index contributed by atoms with van der Waals surface area (Å²) in [4.78, 5) is 11.9. The van der Waals surface area contributed by atoms with Crippen molar-refractivity contribution >= 4 is 5.97 Å². The number of rotatable bonds is 3. The molecule has 1 aromatic rings. The fourth-order valence-corrected chi connectivity index (χ4v) is 2.55. The summed E-state index contributed by atoms with van der Waals surface area (Å²) >= 11 is 0. The van der Waals surface area contributed by atoms with Crippen LogP contribution < -0.4 is 9.47 Å². The second-order valence-corrected chi connectivity index (χ2v) is 5.60. The number of hydrogen-bond donors (Lipinski definition) is 1. The van der Waals surface area contributed by atoms with E-state index in [0.717, 1.165) is 5.56 Å². The average molecular weight is 292 g/mol. The Morgan fingerprint density at radius 3 is 2.38 bits per heavy atom. The molecule has 5 nitrogen and oxygen atoms in total. The molecule has 1 aliphatic rings. The third kappa shape index (κ3) is 2.44. The third-order valence-electron chi connectivity index (χ3n) is 3.86. The number of aliphatic hydroxyl groups excluding tert-OH is 1. The predicted octanol–water partition coefficient (Wildman–Crippen LogP) is 3.16. The number of cyclic esters (lactones) is 1. The highest BCUT2D eigenvalue weighted by Gasteiger charge is 2.44. The summed E-state index contributed by atoms with van der Waals surface area (Å²) in [5, 5.41) is 10.3. The van der Waals surface area contributed by atoms with Gasteiger partial charge in [0.05, 0.1) is 25.2 Å². The van der Waals surface area contributed by atoms with Gasteiger partial charge >= 0.3 is 5.97 Å². The zero-order chi connectivity index (χ0) is 15.8. The number of aliphatic hydroxyl groups is 1. The quantitative estimate of drug-likeness (QED) is 0.867. The van der Waals surface area contributed by atoms with E-state index < -0.39 is 17.5 Å². The molecule has 0 spiro atoms. The molecule has 0 aliphatic carbocycles. The van der Waals surface area contributed by atoms with Crippen molar-refractivity contribution in [3.8, 4) is 11.5 Å².